The standard InChI is InChI=1S/C26H26N4O3/c1-15-9-10-17(16(2)11-15)23-18(14-27)25(28)29(19-7-5-6-8-20(19)30(32)33)21-12-26(3,4)13-22(31)24(21)23/h5-11,23H,12-13,28H2,1-4H3. The first-order chi connectivity index (χ1) is 15.6. The summed E-state index contributed by atoms with van der Waals surface area (Å²) in [4.78, 5) is 26.5. The van der Waals surface area contributed by atoms with E-state index in [-0.39, 0.29) is 34.0 Å². The van der Waals surface area contributed by atoms with Crippen molar-refractivity contribution in [2.45, 2.75) is 46.5 Å². The number of nitrogens with zero attached hydrogens (tertiary/aromatic N) is 3. The molecular weight excluding hydrogens is 416 g/mol. The van der Waals surface area contributed by atoms with E-state index in [2.05, 4.69) is 6.07 Å². The Morgan fingerprint density at radius 1 is 1.18 bits per heavy atom. The van der Waals surface area contributed by atoms with Gasteiger partial charge >= 0.3 is 0 Å². The fourth-order valence-electron chi connectivity index (χ4n) is 5.05. The summed E-state index contributed by atoms with van der Waals surface area (Å²) < 4.78 is 0. The van der Waals surface area contributed by atoms with Crippen molar-refractivity contribution in [2.75, 3.05) is 4.90 Å². The number of hydrogen-bond donors (Lipinski definition) is 1. The van der Waals surface area contributed by atoms with Gasteiger partial charge in [-0.05, 0) is 42.9 Å². The largest absolute Gasteiger partial charge is 0.384 e. The lowest BCUT2D eigenvalue weighted by molar-refractivity contribution is -0.384. The highest BCUT2D eigenvalue weighted by Gasteiger charge is 2.45. The van der Waals surface area contributed by atoms with Gasteiger partial charge in [-0.15, -0.1) is 0 Å². The van der Waals surface area contributed by atoms with E-state index in [1.807, 2.05) is 45.9 Å². The van der Waals surface area contributed by atoms with Crippen LogP contribution in [-0.2, 0) is 4.79 Å². The van der Waals surface area contributed by atoms with Crippen LogP contribution in [0.15, 0.2) is 65.1 Å². The third kappa shape index (κ3) is 3.68. The van der Waals surface area contributed by atoms with Crippen LogP contribution in [0, 0.1) is 40.7 Å². The topological polar surface area (TPSA) is 113 Å². The van der Waals surface area contributed by atoms with Gasteiger partial charge in [0.2, 0.25) is 0 Å². The Morgan fingerprint density at radius 3 is 2.52 bits per heavy atom. The van der Waals surface area contributed by atoms with E-state index in [9.17, 15) is 20.2 Å². The van der Waals surface area contributed by atoms with E-state index >= 15 is 0 Å². The number of hydrogen-bond acceptors (Lipinski definition) is 6. The molecule has 2 aliphatic rings. The second-order valence-electron chi connectivity index (χ2n) is 9.59. The van der Waals surface area contributed by atoms with Crippen LogP contribution in [0.2, 0.25) is 0 Å². The summed E-state index contributed by atoms with van der Waals surface area (Å²) in [5, 5.41) is 22.0. The lowest BCUT2D eigenvalue weighted by Crippen LogP contribution is -2.42. The molecule has 0 bridgehead atoms. The molecule has 2 aromatic rings. The van der Waals surface area contributed by atoms with Crippen molar-refractivity contribution in [3.63, 3.8) is 0 Å². The van der Waals surface area contributed by atoms with Crippen LogP contribution in [-0.4, -0.2) is 10.7 Å². The quantitative estimate of drug-likeness (QED) is 0.519. The van der Waals surface area contributed by atoms with Crippen molar-refractivity contribution in [3.05, 3.63) is 91.9 Å². The number of carbonyl (C=O) groups is 1. The molecule has 0 radical (unpaired) electrons. The Balaban J connectivity index is 2.06. The van der Waals surface area contributed by atoms with Crippen LogP contribution in [0.1, 0.15) is 49.3 Å². The van der Waals surface area contributed by atoms with E-state index in [1.165, 1.54) is 6.07 Å². The maximum Gasteiger partial charge on any atom is 0.293 e. The van der Waals surface area contributed by atoms with Crippen molar-refractivity contribution in [3.8, 4) is 6.07 Å². The number of Topliss-reactive ketones (excluding diaryl/α,β-unsaturated/α-hetero) is 1. The van der Waals surface area contributed by atoms with Crippen LogP contribution in [0.3, 0.4) is 0 Å². The molecule has 0 spiro atoms. The molecule has 0 amide bonds. The van der Waals surface area contributed by atoms with E-state index in [4.69, 9.17) is 5.73 Å². The van der Waals surface area contributed by atoms with Gasteiger partial charge in [0.15, 0.2) is 5.78 Å². The van der Waals surface area contributed by atoms with Gasteiger partial charge < -0.3 is 5.73 Å². The normalized spacial score (nSPS) is 19.9. The van der Waals surface area contributed by atoms with Gasteiger partial charge in [0.05, 0.1) is 22.5 Å². The number of allylic oxidation sites excluding steroid dienone is 3. The van der Waals surface area contributed by atoms with Crippen LogP contribution in [0.5, 0.6) is 0 Å². The molecule has 1 aliphatic heterocycles. The molecule has 1 unspecified atom stereocenters. The van der Waals surface area contributed by atoms with Crippen LogP contribution >= 0.6 is 0 Å². The molecule has 0 aromatic heterocycles. The molecule has 1 atom stereocenters. The number of nitrogens with two attached hydrogens (primary N) is 1. The zero-order valence-electron chi connectivity index (χ0n) is 19.2. The second kappa shape index (κ2) is 7.89. The van der Waals surface area contributed by atoms with Gasteiger partial charge in [-0.2, -0.15) is 5.26 Å². The number of rotatable bonds is 3. The first kappa shape index (κ1) is 22.3. The Labute approximate surface area is 193 Å². The highest BCUT2D eigenvalue weighted by atomic mass is 16.6. The average Bonchev–Trinajstić information content (AvgIpc) is 2.72. The monoisotopic (exact) mass is 442 g/mol. The molecular formula is C26H26N4O3. The SMILES string of the molecule is Cc1ccc(C2C(C#N)=C(N)N(c3ccccc3[N+](=O)[O-])C3=C2C(=O)CC(C)(C)C3)c(C)c1. The lowest BCUT2D eigenvalue weighted by atomic mass is 9.68. The van der Waals surface area contributed by atoms with E-state index in [0.717, 1.165) is 16.7 Å². The first-order valence-electron chi connectivity index (χ1n) is 10.8. The summed E-state index contributed by atoms with van der Waals surface area (Å²) in [6.45, 7) is 7.94. The number of carbonyl (C=O) groups excluding carboxylic acids is 1. The summed E-state index contributed by atoms with van der Waals surface area (Å²) in [6.07, 6.45) is 0.831. The summed E-state index contributed by atoms with van der Waals surface area (Å²) in [5.41, 5.74) is 10.6. The molecule has 7 nitrogen and oxygen atoms in total. The zero-order chi connectivity index (χ0) is 24.1. The molecule has 4 rings (SSSR count). The number of benzene rings is 2. The Kier molecular flexibility index (Phi) is 5.33. The number of ketones is 1. The number of anilines is 1. The van der Waals surface area contributed by atoms with E-state index in [1.54, 1.807) is 23.1 Å². The van der Waals surface area contributed by atoms with E-state index in [0.29, 0.717) is 24.1 Å². The number of nitro benzene ring substituents is 1. The minimum absolute atomic E-state index is 0.0601. The lowest BCUT2D eigenvalue weighted by Gasteiger charge is -2.43. The van der Waals surface area contributed by atoms with Gasteiger partial charge in [0, 0.05) is 23.8 Å². The van der Waals surface area contributed by atoms with Gasteiger partial charge in [-0.25, -0.2) is 0 Å². The number of aryl methyl sites for hydroxylation is 2. The van der Waals surface area contributed by atoms with Gasteiger partial charge in [-0.3, -0.25) is 19.8 Å². The average molecular weight is 443 g/mol. The molecule has 0 fully saturated rings. The van der Waals surface area contributed by atoms with Crippen LogP contribution in [0.25, 0.3) is 0 Å². The van der Waals surface area contributed by atoms with Crippen molar-refractivity contribution in [1.29, 1.82) is 5.26 Å². The highest BCUT2D eigenvalue weighted by Crippen LogP contribution is 2.51. The van der Waals surface area contributed by atoms with E-state index < -0.39 is 10.8 Å². The third-order valence-electron chi connectivity index (χ3n) is 6.44. The molecule has 2 aromatic carbocycles. The minimum atomic E-state index is -0.604. The summed E-state index contributed by atoms with van der Waals surface area (Å²) in [5.74, 6) is -0.538. The second-order valence-corrected chi connectivity index (χ2v) is 9.59. The van der Waals surface area contributed by atoms with Gasteiger partial charge in [-0.1, -0.05) is 49.7 Å². The fraction of sp³-hybridized carbons (Fsp3) is 0.308. The predicted octanol–water partition coefficient (Wildman–Crippen LogP) is 5.15. The number of nitro groups is 1. The number of para-hydroxylation sites is 2. The molecule has 2 N–H and O–H groups in total. The fourth-order valence-corrected chi connectivity index (χ4v) is 5.05. The highest BCUT2D eigenvalue weighted by molar-refractivity contribution is 6.02. The van der Waals surface area contributed by atoms with Crippen molar-refractivity contribution in [2.24, 2.45) is 11.1 Å². The van der Waals surface area contributed by atoms with Crippen molar-refractivity contribution >= 4 is 17.2 Å². The van der Waals surface area contributed by atoms with Crippen molar-refractivity contribution < 1.29 is 9.72 Å². The van der Waals surface area contributed by atoms with Gasteiger partial charge in [0.25, 0.3) is 5.69 Å². The summed E-state index contributed by atoms with van der Waals surface area (Å²) in [6, 6.07) is 14.4. The first-order valence-corrected chi connectivity index (χ1v) is 10.8. The number of nitriles is 1. The van der Waals surface area contributed by atoms with Gasteiger partial charge in [0.1, 0.15) is 11.5 Å². The maximum atomic E-state index is 13.6. The minimum Gasteiger partial charge on any atom is -0.384 e. The summed E-state index contributed by atoms with van der Waals surface area (Å²) in [7, 11) is 0. The third-order valence-corrected chi connectivity index (χ3v) is 6.44. The smallest absolute Gasteiger partial charge is 0.293 e. The Hall–Kier alpha value is -3.92. The molecule has 1 aliphatic carbocycles. The molecule has 168 valence electrons. The summed E-state index contributed by atoms with van der Waals surface area (Å²) >= 11 is 0. The molecule has 33 heavy (non-hydrogen) atoms. The van der Waals surface area contributed by atoms with Crippen LogP contribution in [0.4, 0.5) is 11.4 Å². The Bertz CT molecular complexity index is 1300. The molecule has 1 heterocycles. The maximum absolute atomic E-state index is 13.6. The molecule has 0 saturated heterocycles. The Morgan fingerprint density at radius 2 is 1.88 bits per heavy atom. The molecule has 0 saturated carbocycles. The van der Waals surface area contributed by atoms with Crippen LogP contribution < -0.4 is 10.6 Å². The zero-order valence-corrected chi connectivity index (χ0v) is 19.2. The molecule has 7 heteroatoms. The predicted molar refractivity (Wildman–Crippen MR) is 126 cm³/mol. The van der Waals surface area contributed by atoms with Crippen molar-refractivity contribution in [1.82, 2.24) is 0 Å².